The molecule has 1 aliphatic rings. The number of rotatable bonds is 5. The molecule has 0 radical (unpaired) electrons. The van der Waals surface area contributed by atoms with Crippen molar-refractivity contribution in [3.8, 4) is 5.88 Å². The summed E-state index contributed by atoms with van der Waals surface area (Å²) >= 11 is 0. The van der Waals surface area contributed by atoms with Gasteiger partial charge in [-0.1, -0.05) is 24.3 Å². The molecule has 1 fully saturated rings. The number of amides is 1. The number of carbonyl (C=O) groups is 1. The molecule has 2 aromatic rings. The lowest BCUT2D eigenvalue weighted by Crippen LogP contribution is -2.38. The Balaban J connectivity index is 1.51. The minimum atomic E-state index is -0.554. The fourth-order valence-electron chi connectivity index (χ4n) is 2.76. The minimum Gasteiger partial charge on any atom is -0.473 e. The molecule has 1 aliphatic heterocycles. The average Bonchev–Trinajstić information content (AvgIpc) is 3.02. The zero-order valence-electron chi connectivity index (χ0n) is 13.6. The van der Waals surface area contributed by atoms with E-state index in [1.165, 1.54) is 6.07 Å². The molecule has 1 aromatic heterocycles. The fourth-order valence-corrected chi connectivity index (χ4v) is 2.76. The second-order valence-corrected chi connectivity index (χ2v) is 5.85. The Kier molecular flexibility index (Phi) is 5.05. The van der Waals surface area contributed by atoms with Gasteiger partial charge in [0.2, 0.25) is 17.7 Å². The maximum Gasteiger partial charge on any atom is 0.240 e. The molecule has 6 heteroatoms. The topological polar surface area (TPSA) is 45.7 Å². The standard InChI is InChI=1S/C18H20FN3O2/c1-21(14-6-3-2-4-7-14)18(23)13-22-11-10-15(12-22)24-17-9-5-8-16(19)20-17/h2-9,15H,10-13H2,1H3. The number of benzene rings is 1. The first kappa shape index (κ1) is 16.4. The SMILES string of the molecule is CN(C(=O)CN1CCC(Oc2cccc(F)n2)C1)c1ccccc1. The lowest BCUT2D eigenvalue weighted by atomic mass is 10.3. The highest BCUT2D eigenvalue weighted by atomic mass is 19.1. The first-order valence-corrected chi connectivity index (χ1v) is 7.95. The van der Waals surface area contributed by atoms with Crippen LogP contribution in [0.5, 0.6) is 5.88 Å². The first-order chi connectivity index (χ1) is 11.6. The highest BCUT2D eigenvalue weighted by molar-refractivity contribution is 5.94. The van der Waals surface area contributed by atoms with E-state index in [4.69, 9.17) is 4.74 Å². The number of ether oxygens (including phenoxy) is 1. The zero-order chi connectivity index (χ0) is 16.9. The molecule has 0 saturated carbocycles. The van der Waals surface area contributed by atoms with Crippen LogP contribution in [0.4, 0.5) is 10.1 Å². The van der Waals surface area contributed by atoms with Gasteiger partial charge in [-0.25, -0.2) is 0 Å². The molecule has 1 aromatic carbocycles. The lowest BCUT2D eigenvalue weighted by Gasteiger charge is -2.21. The van der Waals surface area contributed by atoms with Crippen LogP contribution in [0, 0.1) is 5.95 Å². The van der Waals surface area contributed by atoms with E-state index in [9.17, 15) is 9.18 Å². The van der Waals surface area contributed by atoms with E-state index in [1.54, 1.807) is 24.1 Å². The lowest BCUT2D eigenvalue weighted by molar-refractivity contribution is -0.119. The van der Waals surface area contributed by atoms with Gasteiger partial charge in [0.05, 0.1) is 6.54 Å². The molecule has 126 valence electrons. The zero-order valence-corrected chi connectivity index (χ0v) is 13.6. The largest absolute Gasteiger partial charge is 0.473 e. The molecule has 5 nitrogen and oxygen atoms in total. The Labute approximate surface area is 140 Å². The smallest absolute Gasteiger partial charge is 0.240 e. The molecule has 0 bridgehead atoms. The molecule has 1 unspecified atom stereocenters. The fraction of sp³-hybridized carbons (Fsp3) is 0.333. The number of carbonyl (C=O) groups excluding carboxylic acids is 1. The molecule has 3 rings (SSSR count). The minimum absolute atomic E-state index is 0.0331. The molecular weight excluding hydrogens is 309 g/mol. The van der Waals surface area contributed by atoms with Crippen LogP contribution in [-0.4, -0.2) is 48.6 Å². The number of pyridine rings is 1. The van der Waals surface area contributed by atoms with Gasteiger partial charge in [0.15, 0.2) is 0 Å². The van der Waals surface area contributed by atoms with Gasteiger partial charge in [-0.05, 0) is 24.6 Å². The summed E-state index contributed by atoms with van der Waals surface area (Å²) in [7, 11) is 1.78. The number of halogens is 1. The summed E-state index contributed by atoms with van der Waals surface area (Å²) in [6.07, 6.45) is 0.717. The first-order valence-electron chi connectivity index (χ1n) is 7.95. The van der Waals surface area contributed by atoms with E-state index in [2.05, 4.69) is 4.98 Å². The van der Waals surface area contributed by atoms with Gasteiger partial charge >= 0.3 is 0 Å². The van der Waals surface area contributed by atoms with Crippen LogP contribution in [0.3, 0.4) is 0 Å². The van der Waals surface area contributed by atoms with Gasteiger partial charge < -0.3 is 9.64 Å². The van der Waals surface area contributed by atoms with Gasteiger partial charge in [-0.15, -0.1) is 0 Å². The van der Waals surface area contributed by atoms with E-state index in [0.29, 0.717) is 13.1 Å². The van der Waals surface area contributed by atoms with Crippen molar-refractivity contribution in [3.63, 3.8) is 0 Å². The summed E-state index contributed by atoms with van der Waals surface area (Å²) in [5, 5.41) is 0. The van der Waals surface area contributed by atoms with Crippen LogP contribution in [0.1, 0.15) is 6.42 Å². The van der Waals surface area contributed by atoms with E-state index in [1.807, 2.05) is 35.2 Å². The van der Waals surface area contributed by atoms with E-state index in [-0.39, 0.29) is 17.9 Å². The van der Waals surface area contributed by atoms with Crippen molar-refractivity contribution in [1.82, 2.24) is 9.88 Å². The van der Waals surface area contributed by atoms with E-state index < -0.39 is 5.95 Å². The predicted molar refractivity (Wildman–Crippen MR) is 89.5 cm³/mol. The summed E-state index contributed by atoms with van der Waals surface area (Å²) in [6, 6.07) is 14.0. The molecule has 0 N–H and O–H groups in total. The Morgan fingerprint density at radius 1 is 1.29 bits per heavy atom. The van der Waals surface area contributed by atoms with Crippen LogP contribution in [0.15, 0.2) is 48.5 Å². The number of nitrogens with zero attached hydrogens (tertiary/aromatic N) is 3. The number of aromatic nitrogens is 1. The second-order valence-electron chi connectivity index (χ2n) is 5.85. The molecule has 0 spiro atoms. The summed E-state index contributed by atoms with van der Waals surface area (Å²) in [4.78, 5) is 19.8. The number of para-hydroxylation sites is 1. The molecular formula is C18H20FN3O2. The molecule has 0 aliphatic carbocycles. The summed E-state index contributed by atoms with van der Waals surface area (Å²) in [5.74, 6) is -0.234. The predicted octanol–water partition coefficient (Wildman–Crippen LogP) is 2.34. The van der Waals surface area contributed by atoms with Crippen LogP contribution >= 0.6 is 0 Å². The quantitative estimate of drug-likeness (QED) is 0.790. The third kappa shape index (κ3) is 4.08. The third-order valence-electron chi connectivity index (χ3n) is 4.08. The van der Waals surface area contributed by atoms with Gasteiger partial charge in [-0.3, -0.25) is 9.69 Å². The van der Waals surface area contributed by atoms with Crippen LogP contribution in [0.2, 0.25) is 0 Å². The number of hydrogen-bond donors (Lipinski definition) is 0. The van der Waals surface area contributed by atoms with Gasteiger partial charge in [0, 0.05) is 31.9 Å². The van der Waals surface area contributed by atoms with E-state index >= 15 is 0 Å². The van der Waals surface area contributed by atoms with Crippen molar-refractivity contribution in [2.24, 2.45) is 0 Å². The Bertz CT molecular complexity index is 696. The molecule has 1 saturated heterocycles. The summed E-state index contributed by atoms with van der Waals surface area (Å²) in [5.41, 5.74) is 0.874. The van der Waals surface area contributed by atoms with Crippen molar-refractivity contribution in [2.75, 3.05) is 31.6 Å². The molecule has 1 amide bonds. The third-order valence-corrected chi connectivity index (χ3v) is 4.08. The molecule has 24 heavy (non-hydrogen) atoms. The Morgan fingerprint density at radius 2 is 2.08 bits per heavy atom. The van der Waals surface area contributed by atoms with Crippen LogP contribution < -0.4 is 9.64 Å². The highest BCUT2D eigenvalue weighted by Crippen LogP contribution is 2.18. The van der Waals surface area contributed by atoms with Crippen molar-refractivity contribution < 1.29 is 13.9 Å². The van der Waals surface area contributed by atoms with Crippen molar-refractivity contribution in [2.45, 2.75) is 12.5 Å². The maximum absolute atomic E-state index is 13.1. The van der Waals surface area contributed by atoms with E-state index in [0.717, 1.165) is 18.7 Å². The molecule has 1 atom stereocenters. The normalized spacial score (nSPS) is 17.7. The van der Waals surface area contributed by atoms with Crippen LogP contribution in [-0.2, 0) is 4.79 Å². The highest BCUT2D eigenvalue weighted by Gasteiger charge is 2.27. The molecule has 2 heterocycles. The van der Waals surface area contributed by atoms with Crippen molar-refractivity contribution >= 4 is 11.6 Å². The average molecular weight is 329 g/mol. The number of likely N-dealkylation sites (tertiary alicyclic amines) is 1. The van der Waals surface area contributed by atoms with Gasteiger partial charge in [-0.2, -0.15) is 9.37 Å². The van der Waals surface area contributed by atoms with Crippen molar-refractivity contribution in [3.05, 3.63) is 54.5 Å². The number of hydrogen-bond acceptors (Lipinski definition) is 4. The summed E-state index contributed by atoms with van der Waals surface area (Å²) in [6.45, 7) is 1.74. The second kappa shape index (κ2) is 7.40. The van der Waals surface area contributed by atoms with Crippen LogP contribution in [0.25, 0.3) is 0 Å². The monoisotopic (exact) mass is 329 g/mol. The Morgan fingerprint density at radius 3 is 2.83 bits per heavy atom. The number of likely N-dealkylation sites (N-methyl/N-ethyl adjacent to an activating group) is 1. The van der Waals surface area contributed by atoms with Gasteiger partial charge in [0.1, 0.15) is 6.10 Å². The number of anilines is 1. The maximum atomic E-state index is 13.1. The van der Waals surface area contributed by atoms with Gasteiger partial charge in [0.25, 0.3) is 0 Å². The van der Waals surface area contributed by atoms with Crippen molar-refractivity contribution in [1.29, 1.82) is 0 Å². The summed E-state index contributed by atoms with van der Waals surface area (Å²) < 4.78 is 18.8. The Hall–Kier alpha value is -2.47.